The molecule has 1 rings (SSSR count). The zero-order valence-electron chi connectivity index (χ0n) is 12.9. The van der Waals surface area contributed by atoms with Gasteiger partial charge in [-0.1, -0.05) is 37.3 Å². The molecule has 0 radical (unpaired) electrons. The van der Waals surface area contributed by atoms with Crippen molar-refractivity contribution in [3.05, 3.63) is 35.9 Å². The molecule has 0 heterocycles. The molecule has 0 aliphatic rings. The summed E-state index contributed by atoms with van der Waals surface area (Å²) in [4.78, 5) is 23.4. The summed E-state index contributed by atoms with van der Waals surface area (Å²) in [5.41, 5.74) is 0.960. The minimum atomic E-state index is -0.325. The summed E-state index contributed by atoms with van der Waals surface area (Å²) in [6.45, 7) is 6.70. The van der Waals surface area contributed by atoms with Gasteiger partial charge in [0.05, 0.1) is 12.0 Å². The first-order valence-electron chi connectivity index (χ1n) is 7.26. The molecule has 1 aromatic carbocycles. The average Bonchev–Trinajstić information content (AvgIpc) is 2.51. The maximum absolute atomic E-state index is 11.9. The van der Waals surface area contributed by atoms with Crippen molar-refractivity contribution in [2.24, 2.45) is 5.92 Å². The topological polar surface area (TPSA) is 67.4 Å². The summed E-state index contributed by atoms with van der Waals surface area (Å²) in [7, 11) is 0. The molecular formula is C16H24N2O3. The number of likely N-dealkylation sites (N-methyl/N-ethyl adjacent to an activating group) is 1. The molecule has 1 amide bonds. The SMILES string of the molecule is CCNC(=O)C(C)NCC(C)C(=O)OCc1ccccc1. The summed E-state index contributed by atoms with van der Waals surface area (Å²) >= 11 is 0. The number of benzene rings is 1. The summed E-state index contributed by atoms with van der Waals surface area (Å²) in [5.74, 6) is -0.637. The van der Waals surface area contributed by atoms with Crippen molar-refractivity contribution in [1.29, 1.82) is 0 Å². The molecule has 0 aliphatic carbocycles. The smallest absolute Gasteiger partial charge is 0.310 e. The number of ether oxygens (including phenoxy) is 1. The molecule has 0 aliphatic heterocycles. The third kappa shape index (κ3) is 6.40. The second-order valence-corrected chi connectivity index (χ2v) is 5.02. The highest BCUT2D eigenvalue weighted by Crippen LogP contribution is 2.04. The molecule has 0 aromatic heterocycles. The van der Waals surface area contributed by atoms with Crippen molar-refractivity contribution in [2.75, 3.05) is 13.1 Å². The Hall–Kier alpha value is -1.88. The van der Waals surface area contributed by atoms with E-state index < -0.39 is 0 Å². The first-order valence-corrected chi connectivity index (χ1v) is 7.26. The third-order valence-electron chi connectivity index (χ3n) is 3.10. The van der Waals surface area contributed by atoms with E-state index in [9.17, 15) is 9.59 Å². The molecule has 0 saturated carbocycles. The van der Waals surface area contributed by atoms with Crippen molar-refractivity contribution in [3.63, 3.8) is 0 Å². The molecule has 5 nitrogen and oxygen atoms in total. The monoisotopic (exact) mass is 292 g/mol. The molecule has 2 unspecified atom stereocenters. The normalized spacial score (nSPS) is 13.3. The number of amides is 1. The molecule has 0 saturated heterocycles. The van der Waals surface area contributed by atoms with Crippen LogP contribution in [0.3, 0.4) is 0 Å². The lowest BCUT2D eigenvalue weighted by atomic mass is 10.1. The van der Waals surface area contributed by atoms with E-state index in [1.807, 2.05) is 37.3 Å². The van der Waals surface area contributed by atoms with Gasteiger partial charge >= 0.3 is 5.97 Å². The molecule has 21 heavy (non-hydrogen) atoms. The van der Waals surface area contributed by atoms with Crippen LogP contribution >= 0.6 is 0 Å². The predicted octanol–water partition coefficient (Wildman–Crippen LogP) is 1.48. The van der Waals surface area contributed by atoms with E-state index in [1.54, 1.807) is 13.8 Å². The Morgan fingerprint density at radius 2 is 1.86 bits per heavy atom. The Balaban J connectivity index is 2.29. The number of esters is 1. The van der Waals surface area contributed by atoms with Crippen LogP contribution in [0.15, 0.2) is 30.3 Å². The van der Waals surface area contributed by atoms with E-state index >= 15 is 0 Å². The van der Waals surface area contributed by atoms with Crippen molar-refractivity contribution in [3.8, 4) is 0 Å². The predicted molar refractivity (Wildman–Crippen MR) is 81.6 cm³/mol. The summed E-state index contributed by atoms with van der Waals surface area (Å²) < 4.78 is 5.25. The zero-order chi connectivity index (χ0) is 15.7. The molecule has 2 atom stereocenters. The van der Waals surface area contributed by atoms with E-state index in [0.29, 0.717) is 13.1 Å². The number of carbonyl (C=O) groups excluding carboxylic acids is 2. The van der Waals surface area contributed by atoms with E-state index in [1.165, 1.54) is 0 Å². The fraction of sp³-hybridized carbons (Fsp3) is 0.500. The average molecular weight is 292 g/mol. The van der Waals surface area contributed by atoms with Gasteiger partial charge in [-0.15, -0.1) is 0 Å². The number of hydrogen-bond donors (Lipinski definition) is 2. The fourth-order valence-corrected chi connectivity index (χ4v) is 1.73. The zero-order valence-corrected chi connectivity index (χ0v) is 12.9. The van der Waals surface area contributed by atoms with Crippen molar-refractivity contribution < 1.29 is 14.3 Å². The fourth-order valence-electron chi connectivity index (χ4n) is 1.73. The minimum absolute atomic E-state index is 0.0673. The standard InChI is InChI=1S/C16H24N2O3/c1-4-17-15(19)13(3)18-10-12(2)16(20)21-11-14-8-6-5-7-9-14/h5-9,12-13,18H,4,10-11H2,1-3H3,(H,17,19). The quantitative estimate of drug-likeness (QED) is 0.712. The second kappa shape index (κ2) is 9.13. The molecule has 1 aromatic rings. The van der Waals surface area contributed by atoms with Crippen LogP contribution < -0.4 is 10.6 Å². The first-order chi connectivity index (χ1) is 10.0. The van der Waals surface area contributed by atoms with Gasteiger partial charge in [0.2, 0.25) is 5.91 Å². The second-order valence-electron chi connectivity index (χ2n) is 5.02. The Morgan fingerprint density at radius 1 is 1.19 bits per heavy atom. The highest BCUT2D eigenvalue weighted by Gasteiger charge is 2.17. The third-order valence-corrected chi connectivity index (χ3v) is 3.10. The van der Waals surface area contributed by atoms with Gasteiger partial charge in [-0.05, 0) is 19.4 Å². The Morgan fingerprint density at radius 3 is 2.48 bits per heavy atom. The van der Waals surface area contributed by atoms with Crippen LogP contribution in [0, 0.1) is 5.92 Å². The molecule has 5 heteroatoms. The highest BCUT2D eigenvalue weighted by atomic mass is 16.5. The minimum Gasteiger partial charge on any atom is -0.461 e. The van der Waals surface area contributed by atoms with Crippen molar-refractivity contribution in [2.45, 2.75) is 33.4 Å². The lowest BCUT2D eigenvalue weighted by molar-refractivity contribution is -0.149. The van der Waals surface area contributed by atoms with E-state index in [4.69, 9.17) is 4.74 Å². The van der Waals surface area contributed by atoms with Crippen LogP contribution in [0.25, 0.3) is 0 Å². The van der Waals surface area contributed by atoms with E-state index in [-0.39, 0.29) is 30.4 Å². The summed E-state index contributed by atoms with van der Waals surface area (Å²) in [5, 5.41) is 5.76. The Kier molecular flexibility index (Phi) is 7.46. The molecule has 2 N–H and O–H groups in total. The first kappa shape index (κ1) is 17.2. The number of rotatable bonds is 8. The maximum Gasteiger partial charge on any atom is 0.310 e. The highest BCUT2D eigenvalue weighted by molar-refractivity contribution is 5.81. The summed E-state index contributed by atoms with van der Waals surface area (Å²) in [6, 6.07) is 9.22. The van der Waals surface area contributed by atoms with Crippen LogP contribution in [0.5, 0.6) is 0 Å². The van der Waals surface area contributed by atoms with Gasteiger partial charge in [-0.3, -0.25) is 9.59 Å². The van der Waals surface area contributed by atoms with Crippen LogP contribution in [0.1, 0.15) is 26.3 Å². The van der Waals surface area contributed by atoms with Gasteiger partial charge < -0.3 is 15.4 Å². The molecule has 0 bridgehead atoms. The molecule has 0 spiro atoms. The molecular weight excluding hydrogens is 268 g/mol. The number of hydrogen-bond acceptors (Lipinski definition) is 4. The lowest BCUT2D eigenvalue weighted by Crippen LogP contribution is -2.44. The van der Waals surface area contributed by atoms with Crippen LogP contribution in [0.4, 0.5) is 0 Å². The van der Waals surface area contributed by atoms with Crippen LogP contribution in [0.2, 0.25) is 0 Å². The molecule has 116 valence electrons. The maximum atomic E-state index is 11.9. The summed E-state index contributed by atoms with van der Waals surface area (Å²) in [6.07, 6.45) is 0. The molecule has 0 fully saturated rings. The number of nitrogens with one attached hydrogen (secondary N) is 2. The van der Waals surface area contributed by atoms with Crippen LogP contribution in [-0.2, 0) is 20.9 Å². The van der Waals surface area contributed by atoms with Gasteiger partial charge in [0.15, 0.2) is 0 Å². The largest absolute Gasteiger partial charge is 0.461 e. The van der Waals surface area contributed by atoms with Crippen molar-refractivity contribution in [1.82, 2.24) is 10.6 Å². The van der Waals surface area contributed by atoms with Gasteiger partial charge in [0.25, 0.3) is 0 Å². The van der Waals surface area contributed by atoms with Crippen molar-refractivity contribution >= 4 is 11.9 Å². The van der Waals surface area contributed by atoms with E-state index in [2.05, 4.69) is 10.6 Å². The van der Waals surface area contributed by atoms with Gasteiger partial charge in [0, 0.05) is 13.1 Å². The Bertz CT molecular complexity index is 448. The number of carbonyl (C=O) groups is 2. The van der Waals surface area contributed by atoms with Gasteiger partial charge in [-0.2, -0.15) is 0 Å². The lowest BCUT2D eigenvalue weighted by Gasteiger charge is -2.16. The van der Waals surface area contributed by atoms with Gasteiger partial charge in [-0.25, -0.2) is 0 Å². The van der Waals surface area contributed by atoms with Gasteiger partial charge in [0.1, 0.15) is 6.61 Å². The Labute approximate surface area is 126 Å². The van der Waals surface area contributed by atoms with E-state index in [0.717, 1.165) is 5.56 Å². The van der Waals surface area contributed by atoms with Crippen LogP contribution in [-0.4, -0.2) is 31.0 Å².